The highest BCUT2D eigenvalue weighted by atomic mass is 16.6. The van der Waals surface area contributed by atoms with Gasteiger partial charge in [-0.2, -0.15) is 18.9 Å². The Hall–Kier alpha value is -8.31. The molecular weight excluding hydrogens is 1120 g/mol. The van der Waals surface area contributed by atoms with Crippen molar-refractivity contribution in [2.24, 2.45) is 0 Å². The van der Waals surface area contributed by atoms with Crippen LogP contribution < -0.4 is 37.6 Å². The van der Waals surface area contributed by atoms with Gasteiger partial charge in [-0.1, -0.05) is 0 Å². The fourth-order valence-corrected chi connectivity index (χ4v) is 7.53. The number of alkyl carbamates (subject to hydrolysis) is 1. The van der Waals surface area contributed by atoms with Crippen molar-refractivity contribution in [2.45, 2.75) is 211 Å². The second-order valence-electron chi connectivity index (χ2n) is 26.5. The molecule has 0 fully saturated rings. The maximum absolute atomic E-state index is 14.8. The molecule has 30 nitrogen and oxygen atoms in total. The molecule has 0 radical (unpaired) electrons. The van der Waals surface area contributed by atoms with Gasteiger partial charge in [-0.15, -0.1) is 0 Å². The Morgan fingerprint density at radius 3 is 1.02 bits per heavy atom. The summed E-state index contributed by atoms with van der Waals surface area (Å²) >= 11 is 0. The number of nitrogens with zero attached hydrogens (tertiary/aromatic N) is 11. The van der Waals surface area contributed by atoms with Crippen LogP contribution >= 0.6 is 0 Å². The number of imide groups is 2. The van der Waals surface area contributed by atoms with E-state index in [9.17, 15) is 52.7 Å². The second kappa shape index (κ2) is 25.9. The van der Waals surface area contributed by atoms with Gasteiger partial charge in [-0.25, -0.2) is 63.1 Å². The minimum Gasteiger partial charge on any atom is -0.444 e. The van der Waals surface area contributed by atoms with Gasteiger partial charge in [-0.05, 0) is 165 Å². The SMILES string of the molecule is CC(C)(C)OC(=O)NCCCCN(CCn1c(=O)n(C(=O)OC(C)(C)C)c(=O)c2c(N(C(=O)OC(C)(C)C)C(=O)OC(C)(C)C)ncnc21)CCn1c(=O)n(C(=O)OC(C)(C)C)c(=O)c2c(N(C(=O)OC(C)(C)C)C(=O)OC(C)(C)C)ncnc21. The quantitative estimate of drug-likeness (QED) is 0.100. The summed E-state index contributed by atoms with van der Waals surface area (Å²) in [5, 5.41) is 1.28. The van der Waals surface area contributed by atoms with Crippen molar-refractivity contribution >= 4 is 76.4 Å². The Labute approximate surface area is 491 Å². The van der Waals surface area contributed by atoms with Crippen LogP contribution in [0.3, 0.4) is 0 Å². The van der Waals surface area contributed by atoms with Crippen LogP contribution in [-0.2, 0) is 46.2 Å². The summed E-state index contributed by atoms with van der Waals surface area (Å²) in [5.41, 5.74) is -14.6. The Kier molecular flexibility index (Phi) is 21.1. The van der Waals surface area contributed by atoms with E-state index in [4.69, 9.17) is 33.2 Å². The third-order valence-corrected chi connectivity index (χ3v) is 10.5. The number of ether oxygens (including phenoxy) is 7. The molecule has 4 rings (SSSR count). The van der Waals surface area contributed by atoms with Crippen molar-refractivity contribution in [2.75, 3.05) is 36.0 Å². The van der Waals surface area contributed by atoms with Crippen LogP contribution in [0.15, 0.2) is 31.8 Å². The Morgan fingerprint density at radius 2 is 0.729 bits per heavy atom. The molecule has 85 heavy (non-hydrogen) atoms. The molecule has 0 unspecified atom stereocenters. The van der Waals surface area contributed by atoms with Gasteiger partial charge >= 0.3 is 54.0 Å². The minimum atomic E-state index is -1.45. The third kappa shape index (κ3) is 19.6. The smallest absolute Gasteiger partial charge is 0.425 e. The monoisotopic (exact) mass is 1200 g/mol. The first-order chi connectivity index (χ1) is 38.6. The van der Waals surface area contributed by atoms with Gasteiger partial charge in [0.15, 0.2) is 22.9 Å². The molecule has 4 heterocycles. The Balaban J connectivity index is 2.05. The van der Waals surface area contributed by atoms with Crippen LogP contribution in [0.25, 0.3) is 22.1 Å². The second-order valence-corrected chi connectivity index (χ2v) is 26.5. The van der Waals surface area contributed by atoms with Crippen molar-refractivity contribution in [3.05, 3.63) is 54.3 Å². The maximum Gasteiger partial charge on any atom is 0.425 e. The van der Waals surface area contributed by atoms with Crippen LogP contribution in [-0.4, -0.2) is 151 Å². The molecule has 30 heteroatoms. The lowest BCUT2D eigenvalue weighted by molar-refractivity contribution is 0.0407. The third-order valence-electron chi connectivity index (χ3n) is 10.5. The van der Waals surface area contributed by atoms with E-state index in [-0.39, 0.29) is 41.7 Å². The van der Waals surface area contributed by atoms with Gasteiger partial charge in [0.05, 0.1) is 0 Å². The highest BCUT2D eigenvalue weighted by molar-refractivity contribution is 6.14. The van der Waals surface area contributed by atoms with E-state index in [0.29, 0.717) is 16.2 Å². The lowest BCUT2D eigenvalue weighted by Gasteiger charge is -2.28. The van der Waals surface area contributed by atoms with E-state index in [2.05, 4.69) is 25.3 Å². The summed E-state index contributed by atoms with van der Waals surface area (Å²) in [4.78, 5) is 175. The zero-order valence-corrected chi connectivity index (χ0v) is 52.6. The van der Waals surface area contributed by atoms with Gasteiger partial charge in [-0.3, -0.25) is 23.6 Å². The van der Waals surface area contributed by atoms with Crippen LogP contribution in [0.1, 0.15) is 158 Å². The predicted molar refractivity (Wildman–Crippen MR) is 309 cm³/mol. The molecule has 0 saturated carbocycles. The van der Waals surface area contributed by atoms with Crippen molar-refractivity contribution in [3.63, 3.8) is 0 Å². The zero-order chi connectivity index (χ0) is 64.9. The molecule has 1 N–H and O–H groups in total. The number of carbonyl (C=O) groups is 7. The number of carbonyl (C=O) groups excluding carboxylic acids is 7. The average Bonchev–Trinajstić information content (AvgIpc) is 1.06. The summed E-state index contributed by atoms with van der Waals surface area (Å²) in [6.45, 7) is 31.0. The average molecular weight is 1200 g/mol. The first-order valence-corrected chi connectivity index (χ1v) is 27.3. The Morgan fingerprint density at radius 1 is 0.424 bits per heavy atom. The molecule has 0 aliphatic carbocycles. The van der Waals surface area contributed by atoms with Crippen LogP contribution in [0.4, 0.5) is 45.2 Å². The van der Waals surface area contributed by atoms with E-state index in [1.165, 1.54) is 125 Å². The summed E-state index contributed by atoms with van der Waals surface area (Å²) in [6, 6.07) is 0. The van der Waals surface area contributed by atoms with Gasteiger partial charge < -0.3 is 38.5 Å². The molecule has 0 aliphatic rings. The van der Waals surface area contributed by atoms with Gasteiger partial charge in [0.2, 0.25) is 0 Å². The number of hydrogen-bond acceptors (Lipinski definition) is 23. The topological polar surface area (TPSA) is 345 Å². The number of aromatic nitrogens is 8. The molecule has 0 aromatic carbocycles. The van der Waals surface area contributed by atoms with Gasteiger partial charge in [0, 0.05) is 32.7 Å². The fraction of sp³-hybridized carbons (Fsp3) is 0.655. The van der Waals surface area contributed by atoms with E-state index in [1.54, 1.807) is 25.7 Å². The van der Waals surface area contributed by atoms with Crippen LogP contribution in [0.5, 0.6) is 0 Å². The molecular formula is C55H82N12O18. The van der Waals surface area contributed by atoms with Crippen molar-refractivity contribution in [1.82, 2.24) is 48.4 Å². The number of anilines is 2. The molecule has 0 aliphatic heterocycles. The first-order valence-electron chi connectivity index (χ1n) is 27.3. The fourth-order valence-electron chi connectivity index (χ4n) is 7.53. The molecule has 470 valence electrons. The molecule has 4 aromatic rings. The van der Waals surface area contributed by atoms with E-state index < -0.39 is 151 Å². The maximum atomic E-state index is 14.8. The molecule has 4 aromatic heterocycles. The number of nitrogens with one attached hydrogen (secondary N) is 1. The molecule has 5 amide bonds. The summed E-state index contributed by atoms with van der Waals surface area (Å²) in [6.07, 6.45) is -6.66. The zero-order valence-electron chi connectivity index (χ0n) is 52.6. The van der Waals surface area contributed by atoms with E-state index in [0.717, 1.165) is 21.8 Å². The number of rotatable bonds is 13. The standard InChI is InChI=1S/C55H82N12O18/c1-49(2,3)79-40(70)56-24-22-23-25-61(26-28-62-34-32(38(68)66(41(62)71)47(77)84-54(16,17)18)36(59-30-57-34)64(43(73)80-50(4,5)6)44(74)81-51(7,8)9)27-29-63-35-33(39(69)67(42(63)72)48(78)85-55(19,20)21)37(60-31-58-35)65(45(75)82-52(10,11)12)46(76)83-53(13,14)15/h30-31H,22-29H2,1-21H3,(H,56,70). The number of hydrogen-bond donors (Lipinski definition) is 1. The lowest BCUT2D eigenvalue weighted by Crippen LogP contribution is -2.49. The van der Waals surface area contributed by atoms with Crippen molar-refractivity contribution in [3.8, 4) is 0 Å². The van der Waals surface area contributed by atoms with E-state index >= 15 is 0 Å². The predicted octanol–water partition coefficient (Wildman–Crippen LogP) is 7.45. The minimum absolute atomic E-state index is 0.0867. The van der Waals surface area contributed by atoms with Crippen molar-refractivity contribution in [1.29, 1.82) is 0 Å². The molecule has 0 bridgehead atoms. The van der Waals surface area contributed by atoms with Crippen molar-refractivity contribution < 1.29 is 66.7 Å². The van der Waals surface area contributed by atoms with Crippen LogP contribution in [0, 0.1) is 0 Å². The lowest BCUT2D eigenvalue weighted by atomic mass is 10.2. The van der Waals surface area contributed by atoms with Gasteiger partial charge in [0.25, 0.3) is 11.1 Å². The molecule has 0 spiro atoms. The summed E-state index contributed by atoms with van der Waals surface area (Å²) < 4.78 is 40.8. The molecule has 0 saturated heterocycles. The number of unbranched alkanes of at least 4 members (excludes halogenated alkanes) is 1. The molecule has 0 atom stereocenters. The van der Waals surface area contributed by atoms with E-state index in [1.807, 2.05) is 0 Å². The highest BCUT2D eigenvalue weighted by Gasteiger charge is 2.40. The Bertz CT molecular complexity index is 3180. The highest BCUT2D eigenvalue weighted by Crippen LogP contribution is 2.27. The number of amides is 5. The van der Waals surface area contributed by atoms with Gasteiger partial charge in [0.1, 0.15) is 62.6 Å². The number of fused-ring (bicyclic) bond motifs is 2. The summed E-state index contributed by atoms with van der Waals surface area (Å²) in [7, 11) is 0. The largest absolute Gasteiger partial charge is 0.444 e. The van der Waals surface area contributed by atoms with Crippen LogP contribution in [0.2, 0.25) is 0 Å². The normalized spacial score (nSPS) is 12.6. The first kappa shape index (κ1) is 69.2. The summed E-state index contributed by atoms with van der Waals surface area (Å²) in [5.74, 6) is -1.47.